The normalized spacial score (nSPS) is 11.6. The number of hydrogen-bond acceptors (Lipinski definition) is 13. The Balaban J connectivity index is 1.47. The van der Waals surface area contributed by atoms with Crippen molar-refractivity contribution in [2.24, 2.45) is 0 Å². The van der Waals surface area contributed by atoms with E-state index in [1.807, 2.05) is 20.8 Å². The molecule has 0 atom stereocenters. The van der Waals surface area contributed by atoms with Crippen molar-refractivity contribution in [3.8, 4) is 5.75 Å². The quantitative estimate of drug-likeness (QED) is 0.0507. The van der Waals surface area contributed by atoms with Crippen molar-refractivity contribution < 1.29 is 61.1 Å². The van der Waals surface area contributed by atoms with Crippen LogP contribution in [0, 0.1) is 0 Å². The number of ether oxygens (including phenoxy) is 6. The van der Waals surface area contributed by atoms with E-state index in [0.717, 1.165) is 25.7 Å². The molecule has 0 fully saturated rings. The molecule has 2 rings (SSSR count). The van der Waals surface area contributed by atoms with Crippen LogP contribution in [0.2, 0.25) is 0 Å². The van der Waals surface area contributed by atoms with E-state index >= 15 is 0 Å². The van der Waals surface area contributed by atoms with Crippen molar-refractivity contribution in [1.29, 1.82) is 0 Å². The first-order chi connectivity index (χ1) is 29.7. The van der Waals surface area contributed by atoms with E-state index in [4.69, 9.17) is 33.5 Å². The number of nitrogens with zero attached hydrogens (tertiary/aromatic N) is 1. The molecule has 1 aromatic carbocycles. The van der Waals surface area contributed by atoms with Gasteiger partial charge in [0, 0.05) is 25.7 Å². The average molecular weight is 894 g/mol. The molecule has 0 aliphatic carbocycles. The predicted octanol–water partition coefficient (Wildman–Crippen LogP) is 6.23. The van der Waals surface area contributed by atoms with Crippen LogP contribution < -0.4 is 15.4 Å². The molecule has 0 aliphatic rings. The molecule has 0 aliphatic heterocycles. The summed E-state index contributed by atoms with van der Waals surface area (Å²) in [6.07, 6.45) is 17.0. The van der Waals surface area contributed by atoms with Gasteiger partial charge < -0.3 is 44.2 Å². The number of nitrogens with one attached hydrogen (secondary N) is 2. The van der Waals surface area contributed by atoms with Crippen LogP contribution in [0.3, 0.4) is 0 Å². The molecule has 62 heavy (non-hydrogen) atoms. The molecule has 0 unspecified atom stereocenters. The number of aromatic nitrogens is 1. The van der Waals surface area contributed by atoms with Gasteiger partial charge in [-0.25, -0.2) is 13.2 Å². The summed E-state index contributed by atoms with van der Waals surface area (Å²) in [5.41, 5.74) is 0.191. The Labute approximate surface area is 368 Å². The van der Waals surface area contributed by atoms with Crippen LogP contribution in [-0.4, -0.2) is 120 Å². The number of aliphatic carboxylic acids is 1. The van der Waals surface area contributed by atoms with Gasteiger partial charge in [0.05, 0.1) is 68.2 Å². The summed E-state index contributed by atoms with van der Waals surface area (Å²) in [7, 11) is -3.67. The number of carbonyl (C=O) groups excluding carboxylic acids is 3. The van der Waals surface area contributed by atoms with E-state index in [0.29, 0.717) is 24.5 Å². The van der Waals surface area contributed by atoms with E-state index in [1.54, 1.807) is 12.1 Å². The molecule has 17 heteroatoms. The Bertz CT molecular complexity index is 1650. The first-order valence-electron chi connectivity index (χ1n) is 22.0. The number of pyridine rings is 1. The zero-order valence-corrected chi connectivity index (χ0v) is 37.9. The van der Waals surface area contributed by atoms with Crippen LogP contribution >= 0.6 is 0 Å². The smallest absolute Gasteiger partial charge is 0.329 e. The Morgan fingerprint density at radius 1 is 0.629 bits per heavy atom. The van der Waals surface area contributed by atoms with Crippen molar-refractivity contribution in [2.75, 3.05) is 72.6 Å². The number of benzene rings is 1. The summed E-state index contributed by atoms with van der Waals surface area (Å²) in [6.45, 7) is 7.46. The maximum absolute atomic E-state index is 13.1. The Morgan fingerprint density at radius 2 is 1.16 bits per heavy atom. The lowest BCUT2D eigenvalue weighted by Gasteiger charge is -2.19. The summed E-state index contributed by atoms with van der Waals surface area (Å²) in [4.78, 5) is 50.7. The molecule has 2 amide bonds. The highest BCUT2D eigenvalue weighted by Gasteiger charge is 2.18. The third-order valence-corrected chi connectivity index (χ3v) is 10.8. The number of esters is 1. The minimum Gasteiger partial charge on any atom is -0.494 e. The van der Waals surface area contributed by atoms with Crippen LogP contribution in [-0.2, 0) is 53.7 Å². The van der Waals surface area contributed by atoms with Crippen molar-refractivity contribution in [1.82, 2.24) is 15.6 Å². The van der Waals surface area contributed by atoms with Gasteiger partial charge >= 0.3 is 11.9 Å². The number of rotatable bonds is 37. The van der Waals surface area contributed by atoms with E-state index in [2.05, 4.69) is 15.6 Å². The Morgan fingerprint density at radius 3 is 1.71 bits per heavy atom. The summed E-state index contributed by atoms with van der Waals surface area (Å²) in [6, 6.07) is 9.46. The number of unbranched alkanes of at least 4 members (excludes halogenated alkanes) is 12. The van der Waals surface area contributed by atoms with Crippen LogP contribution in [0.4, 0.5) is 0 Å². The maximum atomic E-state index is 13.1. The summed E-state index contributed by atoms with van der Waals surface area (Å²) >= 11 is 0. The first kappa shape index (κ1) is 54.0. The highest BCUT2D eigenvalue weighted by atomic mass is 32.2. The second kappa shape index (κ2) is 32.5. The maximum Gasteiger partial charge on any atom is 0.329 e. The third-order valence-electron chi connectivity index (χ3n) is 9.12. The number of hydrogen-bond donors (Lipinski definition) is 3. The SMILES string of the molecule is CC(C)(C)OC(=O)CCCCCCCCCCCCCCCOc1ccc(S(=O)(=O)Cc2ccc(C(=O)NCCOCCOCC(=O)NCCOCCOCC(=O)O)cn2)cc1. The Kier molecular flexibility index (Phi) is 28.3. The number of carboxylic acid groups (broad SMARTS) is 1. The molecule has 0 bridgehead atoms. The molecular formula is C45H71N3O13S. The second-order valence-electron chi connectivity index (χ2n) is 15.9. The van der Waals surface area contributed by atoms with Crippen molar-refractivity contribution in [2.45, 2.75) is 127 Å². The van der Waals surface area contributed by atoms with Crippen LogP contribution in [0.1, 0.15) is 127 Å². The van der Waals surface area contributed by atoms with Gasteiger partial charge in [0.1, 0.15) is 24.6 Å². The molecule has 16 nitrogen and oxygen atoms in total. The molecule has 350 valence electrons. The zero-order valence-electron chi connectivity index (χ0n) is 37.1. The molecule has 0 radical (unpaired) electrons. The minimum absolute atomic E-state index is 0.0957. The Hall–Kier alpha value is -4.16. The average Bonchev–Trinajstić information content (AvgIpc) is 3.22. The van der Waals surface area contributed by atoms with Gasteiger partial charge in [-0.1, -0.05) is 70.6 Å². The summed E-state index contributed by atoms with van der Waals surface area (Å²) in [5, 5.41) is 13.8. The van der Waals surface area contributed by atoms with E-state index in [9.17, 15) is 27.6 Å². The molecule has 1 aromatic heterocycles. The highest BCUT2D eigenvalue weighted by Crippen LogP contribution is 2.21. The molecule has 3 N–H and O–H groups in total. The molecular weight excluding hydrogens is 823 g/mol. The number of carbonyl (C=O) groups is 4. The molecule has 0 saturated heterocycles. The number of carboxylic acids is 1. The van der Waals surface area contributed by atoms with Gasteiger partial charge in [-0.2, -0.15) is 0 Å². The second-order valence-corrected chi connectivity index (χ2v) is 17.9. The highest BCUT2D eigenvalue weighted by molar-refractivity contribution is 7.90. The summed E-state index contributed by atoms with van der Waals surface area (Å²) in [5.74, 6) is -1.53. The topological polar surface area (TPSA) is 215 Å². The fourth-order valence-corrected chi connectivity index (χ4v) is 7.26. The standard InChI is InChI=1S/C45H71N3O13S/c1-45(2,3)61-43(52)17-15-13-11-9-7-5-4-6-8-10-12-14-16-26-60-39-20-22-40(23-21-39)62(54,55)36-38-19-18-37(33-48-38)44(53)47-25-28-57-29-31-58-34-41(49)46-24-27-56-30-32-59-35-42(50)51/h18-23,33H,4-17,24-32,34-36H2,1-3H3,(H,46,49)(H,47,53)(H,50,51). The van der Waals surface area contributed by atoms with E-state index in [1.165, 1.54) is 88.2 Å². The molecule has 0 spiro atoms. The monoisotopic (exact) mass is 893 g/mol. The third kappa shape index (κ3) is 28.4. The van der Waals surface area contributed by atoms with Crippen LogP contribution in [0.25, 0.3) is 0 Å². The van der Waals surface area contributed by atoms with Crippen LogP contribution in [0.5, 0.6) is 5.75 Å². The summed E-state index contributed by atoms with van der Waals surface area (Å²) < 4.78 is 58.0. The fraction of sp³-hybridized carbons (Fsp3) is 0.667. The van der Waals surface area contributed by atoms with Crippen molar-refractivity contribution in [3.05, 3.63) is 53.9 Å². The van der Waals surface area contributed by atoms with Gasteiger partial charge in [-0.3, -0.25) is 19.4 Å². The van der Waals surface area contributed by atoms with E-state index in [-0.39, 0.29) is 99.9 Å². The molecule has 2 aromatic rings. The lowest BCUT2D eigenvalue weighted by Crippen LogP contribution is -2.31. The van der Waals surface area contributed by atoms with Gasteiger partial charge in [-0.05, 0) is 70.0 Å². The lowest BCUT2D eigenvalue weighted by molar-refractivity contribution is -0.155. The molecule has 1 heterocycles. The number of sulfone groups is 1. The van der Waals surface area contributed by atoms with E-state index < -0.39 is 21.4 Å². The lowest BCUT2D eigenvalue weighted by atomic mass is 10.0. The predicted molar refractivity (Wildman–Crippen MR) is 234 cm³/mol. The number of amides is 2. The van der Waals surface area contributed by atoms with Gasteiger partial charge in [0.2, 0.25) is 5.91 Å². The minimum atomic E-state index is -3.67. The first-order valence-corrected chi connectivity index (χ1v) is 23.6. The molecule has 0 saturated carbocycles. The van der Waals surface area contributed by atoms with Crippen molar-refractivity contribution >= 4 is 33.6 Å². The van der Waals surface area contributed by atoms with Crippen molar-refractivity contribution in [3.63, 3.8) is 0 Å². The zero-order chi connectivity index (χ0) is 45.3. The van der Waals surface area contributed by atoms with Gasteiger partial charge in [0.25, 0.3) is 5.91 Å². The fourth-order valence-electron chi connectivity index (χ4n) is 5.98. The van der Waals surface area contributed by atoms with Gasteiger partial charge in [0.15, 0.2) is 9.84 Å². The van der Waals surface area contributed by atoms with Gasteiger partial charge in [-0.15, -0.1) is 0 Å². The van der Waals surface area contributed by atoms with Crippen LogP contribution in [0.15, 0.2) is 47.5 Å². The largest absolute Gasteiger partial charge is 0.494 e.